The maximum absolute atomic E-state index is 12.2. The number of carbonyl (C=O) groups excluding carboxylic acids is 1. The molecule has 0 fully saturated rings. The Morgan fingerprint density at radius 1 is 0.611 bits per heavy atom. The summed E-state index contributed by atoms with van der Waals surface area (Å²) in [6, 6.07) is 29.1. The van der Waals surface area contributed by atoms with Crippen LogP contribution in [0.3, 0.4) is 0 Å². The number of esters is 1. The number of ether oxygens (including phenoxy) is 4. The second kappa shape index (κ2) is 13.0. The molecule has 0 saturated carbocycles. The summed E-state index contributed by atoms with van der Waals surface area (Å²) in [6.07, 6.45) is 0.693. The highest BCUT2D eigenvalue weighted by Crippen LogP contribution is 2.28. The van der Waals surface area contributed by atoms with Gasteiger partial charge in [0.2, 0.25) is 0 Å². The minimum atomic E-state index is -0.423. The van der Waals surface area contributed by atoms with Gasteiger partial charge in [-0.25, -0.2) is 4.79 Å². The lowest BCUT2D eigenvalue weighted by molar-refractivity contribution is 0.0597. The van der Waals surface area contributed by atoms with Crippen LogP contribution in [0.5, 0.6) is 23.0 Å². The van der Waals surface area contributed by atoms with Crippen molar-refractivity contribution in [3.8, 4) is 23.0 Å². The van der Waals surface area contributed by atoms with E-state index in [9.17, 15) is 4.79 Å². The van der Waals surface area contributed by atoms with E-state index in [0.717, 1.165) is 28.2 Å². The van der Waals surface area contributed by atoms with Crippen molar-refractivity contribution in [2.75, 3.05) is 21.3 Å². The van der Waals surface area contributed by atoms with Crippen LogP contribution in [0.1, 0.15) is 32.6 Å². The largest absolute Gasteiger partial charge is 0.497 e. The minimum absolute atomic E-state index is 0.407. The van der Waals surface area contributed by atoms with E-state index in [1.165, 1.54) is 12.7 Å². The summed E-state index contributed by atoms with van der Waals surface area (Å²) in [4.78, 5) is 12.2. The third kappa shape index (κ3) is 7.64. The van der Waals surface area contributed by atoms with Crippen molar-refractivity contribution < 1.29 is 23.7 Å². The zero-order valence-electron chi connectivity index (χ0n) is 21.4. The smallest absolute Gasteiger partial charge is 0.341 e. The molecule has 0 aliphatic rings. The number of carbonyl (C=O) groups is 1. The van der Waals surface area contributed by atoms with Crippen molar-refractivity contribution in [2.24, 2.45) is 0 Å². The van der Waals surface area contributed by atoms with E-state index in [2.05, 4.69) is 6.92 Å². The van der Waals surface area contributed by atoms with Gasteiger partial charge in [-0.3, -0.25) is 0 Å². The Bertz CT molecular complexity index is 1240. The topological polar surface area (TPSA) is 54.0 Å². The number of hydrogen-bond donors (Lipinski definition) is 0. The Kier molecular flexibility index (Phi) is 9.52. The molecule has 0 atom stereocenters. The maximum atomic E-state index is 12.2. The van der Waals surface area contributed by atoms with Crippen LogP contribution in [0.2, 0.25) is 0 Å². The molecule has 4 rings (SSSR count). The fourth-order valence-electron chi connectivity index (χ4n) is 3.43. The molecule has 0 heterocycles. The van der Waals surface area contributed by atoms with E-state index in [0.29, 0.717) is 23.5 Å². The van der Waals surface area contributed by atoms with Crippen LogP contribution in [0.4, 0.5) is 0 Å². The number of aryl methyl sites for hydroxylation is 2. The van der Waals surface area contributed by atoms with Crippen molar-refractivity contribution in [1.82, 2.24) is 0 Å². The van der Waals surface area contributed by atoms with E-state index >= 15 is 0 Å². The summed E-state index contributed by atoms with van der Waals surface area (Å²) >= 11 is 0. The highest BCUT2D eigenvalue weighted by molar-refractivity contribution is 5.92. The fraction of sp³-hybridized carbons (Fsp3) is 0.194. The molecule has 4 aromatic rings. The van der Waals surface area contributed by atoms with Gasteiger partial charge < -0.3 is 18.9 Å². The maximum Gasteiger partial charge on any atom is 0.341 e. The van der Waals surface area contributed by atoms with Crippen molar-refractivity contribution in [2.45, 2.75) is 20.3 Å². The van der Waals surface area contributed by atoms with E-state index in [-0.39, 0.29) is 0 Å². The quantitative estimate of drug-likeness (QED) is 0.260. The van der Waals surface area contributed by atoms with E-state index in [1.54, 1.807) is 14.2 Å². The predicted molar refractivity (Wildman–Crippen MR) is 143 cm³/mol. The first-order chi connectivity index (χ1) is 17.4. The van der Waals surface area contributed by atoms with Gasteiger partial charge in [-0.2, -0.15) is 0 Å². The van der Waals surface area contributed by atoms with Gasteiger partial charge in [0, 0.05) is 0 Å². The Morgan fingerprint density at radius 2 is 1.08 bits per heavy atom. The van der Waals surface area contributed by atoms with Gasteiger partial charge in [0.25, 0.3) is 0 Å². The highest BCUT2D eigenvalue weighted by atomic mass is 16.5. The Morgan fingerprint density at radius 3 is 1.58 bits per heavy atom. The van der Waals surface area contributed by atoms with Gasteiger partial charge in [-0.1, -0.05) is 53.6 Å². The Hall–Kier alpha value is -4.25. The monoisotopic (exact) mass is 484 g/mol. The molecule has 36 heavy (non-hydrogen) atoms. The average Bonchev–Trinajstić information content (AvgIpc) is 2.91. The molecule has 5 nitrogen and oxygen atoms in total. The molecule has 0 amide bonds. The van der Waals surface area contributed by atoms with Crippen LogP contribution in [0.25, 0.3) is 0 Å². The normalized spacial score (nSPS) is 10.0. The first-order valence-corrected chi connectivity index (χ1v) is 11.6. The number of methoxy groups -OCH3 is 3. The van der Waals surface area contributed by atoms with Gasteiger partial charge in [-0.15, -0.1) is 0 Å². The van der Waals surface area contributed by atoms with E-state index in [4.69, 9.17) is 18.9 Å². The molecule has 186 valence electrons. The minimum Gasteiger partial charge on any atom is -0.497 e. The van der Waals surface area contributed by atoms with Crippen LogP contribution in [-0.4, -0.2) is 27.3 Å². The molecular formula is C31H32O5. The summed E-state index contributed by atoms with van der Waals surface area (Å²) in [5.41, 5.74) is 4.93. The zero-order chi connectivity index (χ0) is 25.9. The first kappa shape index (κ1) is 26.4. The van der Waals surface area contributed by atoms with Crippen LogP contribution < -0.4 is 14.2 Å². The lowest BCUT2D eigenvalue weighted by Crippen LogP contribution is -2.05. The molecule has 0 aromatic heterocycles. The van der Waals surface area contributed by atoms with Gasteiger partial charge >= 0.3 is 5.97 Å². The predicted octanol–water partition coefficient (Wildman–Crippen LogP) is 7.18. The molecule has 5 heteroatoms. The van der Waals surface area contributed by atoms with E-state index < -0.39 is 5.97 Å². The zero-order valence-corrected chi connectivity index (χ0v) is 21.4. The van der Waals surface area contributed by atoms with Gasteiger partial charge in [-0.05, 0) is 79.9 Å². The van der Waals surface area contributed by atoms with Crippen LogP contribution in [0, 0.1) is 13.8 Å². The molecule has 0 saturated heterocycles. The van der Waals surface area contributed by atoms with Crippen molar-refractivity contribution >= 4 is 5.97 Å². The van der Waals surface area contributed by atoms with Crippen LogP contribution in [-0.2, 0) is 11.2 Å². The molecule has 0 spiro atoms. The standard InChI is InChI=1S/C23H22O4.C8H10O/c1-16-4-9-20(10-5-16)27-22-13-8-18(15-21(22)23(24)26-3)14-17-6-11-19(25-2)12-7-17;1-7-3-5-8(9-2)6-4-7/h4-13,15H,14H2,1-3H3;3-6H,1-2H3. The molecule has 0 aliphatic heterocycles. The molecule has 4 aromatic carbocycles. The van der Waals surface area contributed by atoms with Gasteiger partial charge in [0.1, 0.15) is 28.6 Å². The summed E-state index contributed by atoms with van der Waals surface area (Å²) < 4.78 is 21.0. The van der Waals surface area contributed by atoms with Crippen LogP contribution >= 0.6 is 0 Å². The molecule has 0 N–H and O–H groups in total. The van der Waals surface area contributed by atoms with Crippen molar-refractivity contribution in [1.29, 1.82) is 0 Å². The summed E-state index contributed by atoms with van der Waals surface area (Å²) in [7, 11) is 4.68. The molecule has 0 aliphatic carbocycles. The molecular weight excluding hydrogens is 452 g/mol. The average molecular weight is 485 g/mol. The lowest BCUT2D eigenvalue weighted by Gasteiger charge is -2.12. The van der Waals surface area contributed by atoms with Gasteiger partial charge in [0.05, 0.1) is 21.3 Å². The molecule has 0 bridgehead atoms. The Balaban J connectivity index is 0.000000338. The van der Waals surface area contributed by atoms with Crippen molar-refractivity contribution in [3.05, 3.63) is 119 Å². The lowest BCUT2D eigenvalue weighted by atomic mass is 10.0. The Labute approximate surface area is 213 Å². The number of hydrogen-bond acceptors (Lipinski definition) is 5. The highest BCUT2D eigenvalue weighted by Gasteiger charge is 2.15. The second-order valence-electron chi connectivity index (χ2n) is 8.28. The summed E-state index contributed by atoms with van der Waals surface area (Å²) in [6.45, 7) is 4.07. The first-order valence-electron chi connectivity index (χ1n) is 11.6. The SMILES string of the molecule is COC(=O)c1cc(Cc2ccc(OC)cc2)ccc1Oc1ccc(C)cc1.COc1ccc(C)cc1. The van der Waals surface area contributed by atoms with Crippen molar-refractivity contribution in [3.63, 3.8) is 0 Å². The van der Waals surface area contributed by atoms with Crippen LogP contribution in [0.15, 0.2) is 91.0 Å². The third-order valence-electron chi connectivity index (χ3n) is 5.52. The molecule has 0 unspecified atom stereocenters. The number of benzene rings is 4. The summed E-state index contributed by atoms with van der Waals surface area (Å²) in [5, 5.41) is 0. The van der Waals surface area contributed by atoms with E-state index in [1.807, 2.05) is 97.9 Å². The number of rotatable bonds is 7. The fourth-order valence-corrected chi connectivity index (χ4v) is 3.43. The molecule has 0 radical (unpaired) electrons. The van der Waals surface area contributed by atoms with Gasteiger partial charge in [0.15, 0.2) is 0 Å². The summed E-state index contributed by atoms with van der Waals surface area (Å²) in [5.74, 6) is 2.46. The third-order valence-corrected chi connectivity index (χ3v) is 5.52. The second-order valence-corrected chi connectivity index (χ2v) is 8.28.